The highest BCUT2D eigenvalue weighted by atomic mass is 35.5. The summed E-state index contributed by atoms with van der Waals surface area (Å²) in [7, 11) is -2.09. The Morgan fingerprint density at radius 2 is 2.00 bits per heavy atom. The predicted molar refractivity (Wildman–Crippen MR) is 84.1 cm³/mol. The summed E-state index contributed by atoms with van der Waals surface area (Å²) in [5.74, 6) is -0.581. The van der Waals surface area contributed by atoms with Crippen LogP contribution in [0.1, 0.15) is 19.3 Å². The number of piperidine rings is 1. The molecule has 2 saturated heterocycles. The lowest BCUT2D eigenvalue weighted by atomic mass is 9.78. The number of amides is 1. The van der Waals surface area contributed by atoms with E-state index < -0.39 is 21.3 Å². The van der Waals surface area contributed by atoms with Crippen molar-refractivity contribution in [2.45, 2.75) is 24.2 Å². The van der Waals surface area contributed by atoms with E-state index in [2.05, 4.69) is 0 Å². The number of rotatable bonds is 2. The molecule has 1 atom stereocenters. The zero-order valence-electron chi connectivity index (χ0n) is 12.8. The second-order valence-corrected chi connectivity index (χ2v) is 8.59. The van der Waals surface area contributed by atoms with Gasteiger partial charge in [-0.25, -0.2) is 12.8 Å². The number of hydrogen-bond donors (Lipinski definition) is 0. The lowest BCUT2D eigenvalue weighted by Gasteiger charge is -2.37. The Kier molecular flexibility index (Phi) is 4.14. The Balaban J connectivity index is 1.90. The van der Waals surface area contributed by atoms with Gasteiger partial charge in [0.25, 0.3) is 0 Å². The highest BCUT2D eigenvalue weighted by Crippen LogP contribution is 2.42. The van der Waals surface area contributed by atoms with E-state index in [-0.39, 0.29) is 28.9 Å². The molecular formula is C15H18ClFN2O3S. The van der Waals surface area contributed by atoms with Crippen LogP contribution in [0.25, 0.3) is 0 Å². The highest BCUT2D eigenvalue weighted by molar-refractivity contribution is 7.89. The molecule has 0 saturated carbocycles. The van der Waals surface area contributed by atoms with Crippen LogP contribution in [-0.4, -0.2) is 50.2 Å². The van der Waals surface area contributed by atoms with E-state index >= 15 is 0 Å². The lowest BCUT2D eigenvalue weighted by Crippen LogP contribution is -2.48. The fourth-order valence-electron chi connectivity index (χ4n) is 3.51. The molecule has 1 aromatic rings. The van der Waals surface area contributed by atoms with E-state index in [4.69, 9.17) is 11.6 Å². The largest absolute Gasteiger partial charge is 0.345 e. The third kappa shape index (κ3) is 2.75. The summed E-state index contributed by atoms with van der Waals surface area (Å²) in [4.78, 5) is 14.1. The Bertz CT molecular complexity index is 755. The summed E-state index contributed by atoms with van der Waals surface area (Å²) in [5, 5.41) is -0.141. The number of likely N-dealkylation sites (tertiary alicyclic amines) is 1. The van der Waals surface area contributed by atoms with Gasteiger partial charge in [0.15, 0.2) is 0 Å². The van der Waals surface area contributed by atoms with Crippen LogP contribution in [0.5, 0.6) is 0 Å². The molecule has 1 aromatic carbocycles. The molecule has 0 unspecified atom stereocenters. The molecule has 2 fully saturated rings. The van der Waals surface area contributed by atoms with Gasteiger partial charge in [-0.1, -0.05) is 11.6 Å². The lowest BCUT2D eigenvalue weighted by molar-refractivity contribution is -0.143. The number of carbonyl (C=O) groups excluding carboxylic acids is 1. The van der Waals surface area contributed by atoms with E-state index in [1.54, 1.807) is 11.9 Å². The number of hydrogen-bond acceptors (Lipinski definition) is 3. The van der Waals surface area contributed by atoms with Gasteiger partial charge < -0.3 is 4.90 Å². The second-order valence-electron chi connectivity index (χ2n) is 6.27. The van der Waals surface area contributed by atoms with Gasteiger partial charge in [-0.3, -0.25) is 4.79 Å². The first kappa shape index (κ1) is 16.7. The first-order chi connectivity index (χ1) is 10.8. The summed E-state index contributed by atoms with van der Waals surface area (Å²) in [6, 6.07) is 3.23. The molecule has 0 N–H and O–H groups in total. The van der Waals surface area contributed by atoms with Crippen LogP contribution in [0.2, 0.25) is 5.02 Å². The van der Waals surface area contributed by atoms with Gasteiger partial charge in [0.1, 0.15) is 10.7 Å². The number of benzene rings is 1. The van der Waals surface area contributed by atoms with Gasteiger partial charge in [-0.15, -0.1) is 0 Å². The zero-order chi connectivity index (χ0) is 16.8. The van der Waals surface area contributed by atoms with Gasteiger partial charge >= 0.3 is 0 Å². The molecule has 0 aromatic heterocycles. The predicted octanol–water partition coefficient (Wildman–Crippen LogP) is 2.11. The molecule has 0 radical (unpaired) electrons. The van der Waals surface area contributed by atoms with E-state index in [1.165, 1.54) is 10.4 Å². The van der Waals surface area contributed by atoms with Gasteiger partial charge in [-0.05, 0) is 37.5 Å². The van der Waals surface area contributed by atoms with Crippen molar-refractivity contribution in [2.75, 3.05) is 26.7 Å². The molecule has 1 amide bonds. The first-order valence-electron chi connectivity index (χ1n) is 7.47. The molecule has 126 valence electrons. The minimum absolute atomic E-state index is 0.00616. The zero-order valence-corrected chi connectivity index (χ0v) is 14.3. The number of sulfonamides is 1. The van der Waals surface area contributed by atoms with Crippen molar-refractivity contribution in [3.05, 3.63) is 29.0 Å². The molecular weight excluding hydrogens is 343 g/mol. The minimum atomic E-state index is -3.84. The Morgan fingerprint density at radius 1 is 1.26 bits per heavy atom. The maximum atomic E-state index is 13.1. The monoisotopic (exact) mass is 360 g/mol. The quantitative estimate of drug-likeness (QED) is 0.811. The van der Waals surface area contributed by atoms with Crippen molar-refractivity contribution in [1.82, 2.24) is 9.21 Å². The van der Waals surface area contributed by atoms with Crippen molar-refractivity contribution in [2.24, 2.45) is 5.41 Å². The van der Waals surface area contributed by atoms with E-state index in [0.29, 0.717) is 19.4 Å². The summed E-state index contributed by atoms with van der Waals surface area (Å²) in [6.45, 7) is 1.14. The smallest absolute Gasteiger partial charge is 0.244 e. The third-order valence-corrected chi connectivity index (χ3v) is 7.11. The Morgan fingerprint density at radius 3 is 2.70 bits per heavy atom. The van der Waals surface area contributed by atoms with Crippen LogP contribution >= 0.6 is 11.6 Å². The summed E-state index contributed by atoms with van der Waals surface area (Å²) < 4.78 is 40.0. The Hall–Kier alpha value is -1.18. The van der Waals surface area contributed by atoms with Crippen molar-refractivity contribution in [1.29, 1.82) is 0 Å². The summed E-state index contributed by atoms with van der Waals surface area (Å²) in [6.07, 6.45) is 2.07. The SMILES string of the molecule is CN1CCC[C@@]2(CCN(S(=O)(=O)c3ccc(F)cc3Cl)C2)C1=O. The maximum absolute atomic E-state index is 13.1. The second kappa shape index (κ2) is 5.72. The fraction of sp³-hybridized carbons (Fsp3) is 0.533. The maximum Gasteiger partial charge on any atom is 0.244 e. The van der Waals surface area contributed by atoms with Crippen LogP contribution in [0.4, 0.5) is 4.39 Å². The normalized spacial score (nSPS) is 26.2. The van der Waals surface area contributed by atoms with E-state index in [0.717, 1.165) is 18.6 Å². The number of halogens is 2. The molecule has 0 bridgehead atoms. The molecule has 0 aliphatic carbocycles. The highest BCUT2D eigenvalue weighted by Gasteiger charge is 2.50. The van der Waals surface area contributed by atoms with E-state index in [9.17, 15) is 17.6 Å². The molecule has 8 heteroatoms. The van der Waals surface area contributed by atoms with Gasteiger partial charge in [-0.2, -0.15) is 4.31 Å². The van der Waals surface area contributed by atoms with Crippen molar-refractivity contribution in [3.63, 3.8) is 0 Å². The standard InChI is InChI=1S/C15H18ClFN2O3S/c1-18-7-2-5-15(14(18)20)6-8-19(10-15)23(21,22)13-4-3-11(17)9-12(13)16/h3-4,9H,2,5-8,10H2,1H3/t15-/m0/s1. The molecule has 3 rings (SSSR count). The third-order valence-electron chi connectivity index (χ3n) is 4.78. The number of nitrogens with zero attached hydrogens (tertiary/aromatic N) is 2. The van der Waals surface area contributed by atoms with Crippen LogP contribution in [0.15, 0.2) is 23.1 Å². The average Bonchev–Trinajstić information content (AvgIpc) is 2.90. The summed E-state index contributed by atoms with van der Waals surface area (Å²) in [5.41, 5.74) is -0.632. The average molecular weight is 361 g/mol. The van der Waals surface area contributed by atoms with Gasteiger partial charge in [0.2, 0.25) is 15.9 Å². The fourth-order valence-corrected chi connectivity index (χ4v) is 5.54. The molecule has 1 spiro atoms. The minimum Gasteiger partial charge on any atom is -0.345 e. The molecule has 2 heterocycles. The number of carbonyl (C=O) groups is 1. The Labute approximate surface area is 140 Å². The van der Waals surface area contributed by atoms with Crippen LogP contribution < -0.4 is 0 Å². The van der Waals surface area contributed by atoms with Crippen LogP contribution in [0, 0.1) is 11.2 Å². The first-order valence-corrected chi connectivity index (χ1v) is 9.29. The molecule has 23 heavy (non-hydrogen) atoms. The van der Waals surface area contributed by atoms with Crippen LogP contribution in [-0.2, 0) is 14.8 Å². The molecule has 5 nitrogen and oxygen atoms in total. The van der Waals surface area contributed by atoms with Crippen LogP contribution in [0.3, 0.4) is 0 Å². The van der Waals surface area contributed by atoms with E-state index in [1.807, 2.05) is 0 Å². The van der Waals surface area contributed by atoms with Gasteiger partial charge in [0, 0.05) is 26.7 Å². The van der Waals surface area contributed by atoms with Crippen molar-refractivity contribution < 1.29 is 17.6 Å². The topological polar surface area (TPSA) is 57.7 Å². The van der Waals surface area contributed by atoms with Crippen molar-refractivity contribution >= 4 is 27.5 Å². The van der Waals surface area contributed by atoms with Crippen molar-refractivity contribution in [3.8, 4) is 0 Å². The molecule has 2 aliphatic heterocycles. The summed E-state index contributed by atoms with van der Waals surface area (Å²) >= 11 is 5.90. The molecule has 2 aliphatic rings. The van der Waals surface area contributed by atoms with Gasteiger partial charge in [0.05, 0.1) is 10.4 Å².